The summed E-state index contributed by atoms with van der Waals surface area (Å²) in [7, 11) is 0. The van der Waals surface area contributed by atoms with Gasteiger partial charge in [-0.2, -0.15) is 8.78 Å². The van der Waals surface area contributed by atoms with Gasteiger partial charge in [0.05, 0.1) is 5.56 Å². The molecule has 2 aliphatic carbocycles. The van der Waals surface area contributed by atoms with Crippen molar-refractivity contribution in [3.05, 3.63) is 29.8 Å². The number of carbonyl (C=O) groups is 2. The van der Waals surface area contributed by atoms with Crippen molar-refractivity contribution in [3.8, 4) is 5.75 Å². The van der Waals surface area contributed by atoms with Crippen LogP contribution >= 0.6 is 0 Å². The van der Waals surface area contributed by atoms with Gasteiger partial charge in [0.25, 0.3) is 5.91 Å². The fourth-order valence-electron chi connectivity index (χ4n) is 4.41. The maximum atomic E-state index is 12.4. The molecule has 1 aromatic rings. The highest BCUT2D eigenvalue weighted by Gasteiger charge is 2.42. The van der Waals surface area contributed by atoms with Crippen molar-refractivity contribution in [3.63, 3.8) is 0 Å². The van der Waals surface area contributed by atoms with Crippen molar-refractivity contribution in [1.82, 2.24) is 5.32 Å². The van der Waals surface area contributed by atoms with E-state index in [0.717, 1.165) is 12.3 Å². The maximum Gasteiger partial charge on any atom is 0.387 e. The molecule has 2 fully saturated rings. The van der Waals surface area contributed by atoms with Crippen LogP contribution in [0.25, 0.3) is 0 Å². The monoisotopic (exact) mass is 381 g/mol. The summed E-state index contributed by atoms with van der Waals surface area (Å²) in [4.78, 5) is 24.5. The van der Waals surface area contributed by atoms with E-state index in [0.29, 0.717) is 11.8 Å². The number of nitrogens with one attached hydrogen (secondary N) is 1. The van der Waals surface area contributed by atoms with Gasteiger partial charge in [0, 0.05) is 6.04 Å². The summed E-state index contributed by atoms with van der Waals surface area (Å²) in [6.45, 7) is 0.609. The Bertz CT molecular complexity index is 679. The highest BCUT2D eigenvalue weighted by molar-refractivity contribution is 5.92. The van der Waals surface area contributed by atoms with E-state index >= 15 is 0 Å². The molecule has 0 radical (unpaired) electrons. The summed E-state index contributed by atoms with van der Waals surface area (Å²) < 4.78 is 33.7. The Balaban J connectivity index is 1.49. The van der Waals surface area contributed by atoms with E-state index in [2.05, 4.69) is 10.1 Å². The molecular formula is C20H25F2NO4. The topological polar surface area (TPSA) is 64.6 Å². The van der Waals surface area contributed by atoms with Gasteiger partial charge in [-0.25, -0.2) is 4.79 Å². The Labute approximate surface area is 157 Å². The molecule has 0 saturated heterocycles. The van der Waals surface area contributed by atoms with Crippen LogP contribution in [0.3, 0.4) is 0 Å². The first kappa shape index (κ1) is 19.6. The number of carbonyl (C=O) groups excluding carboxylic acids is 2. The van der Waals surface area contributed by atoms with Crippen molar-refractivity contribution in [2.24, 2.45) is 17.8 Å². The van der Waals surface area contributed by atoms with E-state index in [4.69, 9.17) is 4.74 Å². The summed E-state index contributed by atoms with van der Waals surface area (Å²) in [5.41, 5.74) is 0.164. The third kappa shape index (κ3) is 4.76. The van der Waals surface area contributed by atoms with Gasteiger partial charge in [0.1, 0.15) is 5.75 Å². The molecule has 27 heavy (non-hydrogen) atoms. The molecule has 5 atom stereocenters. The normalized spacial score (nSPS) is 25.9. The summed E-state index contributed by atoms with van der Waals surface area (Å²) in [6, 6.07) is 5.21. The SMILES string of the molecule is C[C@H](NC(=O)[C@@H](C)OC(=O)c1ccc(OC(F)F)cc1)[C@@H]1C[C@@H]2CC[C@@H]1C2. The smallest absolute Gasteiger partial charge is 0.387 e. The van der Waals surface area contributed by atoms with Crippen molar-refractivity contribution < 1.29 is 27.8 Å². The number of esters is 1. The molecule has 2 bridgehead atoms. The molecule has 2 saturated carbocycles. The Kier molecular flexibility index (Phi) is 5.97. The zero-order valence-corrected chi connectivity index (χ0v) is 15.5. The molecule has 2 aliphatic rings. The zero-order chi connectivity index (χ0) is 19.6. The van der Waals surface area contributed by atoms with Crippen LogP contribution < -0.4 is 10.1 Å². The van der Waals surface area contributed by atoms with E-state index in [1.807, 2.05) is 6.92 Å². The molecule has 0 spiro atoms. The third-order valence-electron chi connectivity index (χ3n) is 5.77. The molecular weight excluding hydrogens is 356 g/mol. The Hall–Kier alpha value is -2.18. The van der Waals surface area contributed by atoms with Crippen LogP contribution in [0.15, 0.2) is 24.3 Å². The maximum absolute atomic E-state index is 12.4. The van der Waals surface area contributed by atoms with Gasteiger partial charge < -0.3 is 14.8 Å². The molecule has 5 nitrogen and oxygen atoms in total. The first-order valence-corrected chi connectivity index (χ1v) is 9.39. The second-order valence-electron chi connectivity index (χ2n) is 7.59. The van der Waals surface area contributed by atoms with Gasteiger partial charge in [-0.3, -0.25) is 4.79 Å². The van der Waals surface area contributed by atoms with E-state index < -0.39 is 18.7 Å². The number of halogens is 2. The molecule has 0 unspecified atom stereocenters. The number of amides is 1. The number of alkyl halides is 2. The third-order valence-corrected chi connectivity index (χ3v) is 5.77. The number of fused-ring (bicyclic) bond motifs is 2. The lowest BCUT2D eigenvalue weighted by molar-refractivity contribution is -0.130. The number of hydrogen-bond donors (Lipinski definition) is 1. The second-order valence-corrected chi connectivity index (χ2v) is 7.59. The number of benzene rings is 1. The average Bonchev–Trinajstić information content (AvgIpc) is 3.25. The van der Waals surface area contributed by atoms with Crippen LogP contribution in [0, 0.1) is 17.8 Å². The fraction of sp³-hybridized carbons (Fsp3) is 0.600. The van der Waals surface area contributed by atoms with Crippen molar-refractivity contribution in [2.75, 3.05) is 0 Å². The lowest BCUT2D eigenvalue weighted by atomic mass is 9.84. The van der Waals surface area contributed by atoms with E-state index in [-0.39, 0.29) is 23.3 Å². The minimum absolute atomic E-state index is 0.0490. The lowest BCUT2D eigenvalue weighted by Gasteiger charge is -2.29. The second kappa shape index (κ2) is 8.23. The Morgan fingerprint density at radius 1 is 1.11 bits per heavy atom. The summed E-state index contributed by atoms with van der Waals surface area (Å²) in [5.74, 6) is 0.930. The first-order valence-electron chi connectivity index (χ1n) is 9.39. The summed E-state index contributed by atoms with van der Waals surface area (Å²) in [5, 5.41) is 2.97. The molecule has 0 heterocycles. The van der Waals surface area contributed by atoms with Crippen molar-refractivity contribution in [2.45, 2.75) is 58.3 Å². The molecule has 148 valence electrons. The first-order chi connectivity index (χ1) is 12.8. The molecule has 3 rings (SSSR count). The Morgan fingerprint density at radius 3 is 2.37 bits per heavy atom. The molecule has 1 aromatic carbocycles. The van der Waals surface area contributed by atoms with Crippen molar-refractivity contribution in [1.29, 1.82) is 0 Å². The van der Waals surface area contributed by atoms with Crippen LogP contribution in [0.4, 0.5) is 8.78 Å². The molecule has 1 amide bonds. The Morgan fingerprint density at radius 2 is 1.81 bits per heavy atom. The number of ether oxygens (including phenoxy) is 2. The predicted molar refractivity (Wildman–Crippen MR) is 94.5 cm³/mol. The quantitative estimate of drug-likeness (QED) is 0.730. The lowest BCUT2D eigenvalue weighted by Crippen LogP contribution is -2.45. The van der Waals surface area contributed by atoms with Crippen LogP contribution in [-0.4, -0.2) is 30.6 Å². The molecule has 1 N–H and O–H groups in total. The summed E-state index contributed by atoms with van der Waals surface area (Å²) >= 11 is 0. The number of hydrogen-bond acceptors (Lipinski definition) is 4. The minimum Gasteiger partial charge on any atom is -0.449 e. The highest BCUT2D eigenvalue weighted by atomic mass is 19.3. The highest BCUT2D eigenvalue weighted by Crippen LogP contribution is 2.49. The van der Waals surface area contributed by atoms with E-state index in [1.165, 1.54) is 50.5 Å². The minimum atomic E-state index is -2.93. The zero-order valence-electron chi connectivity index (χ0n) is 15.5. The molecule has 0 aromatic heterocycles. The summed E-state index contributed by atoms with van der Waals surface area (Å²) in [6.07, 6.45) is 4.03. The largest absolute Gasteiger partial charge is 0.449 e. The van der Waals surface area contributed by atoms with Crippen LogP contribution in [0.1, 0.15) is 49.9 Å². The van der Waals surface area contributed by atoms with Crippen molar-refractivity contribution >= 4 is 11.9 Å². The van der Waals surface area contributed by atoms with Gasteiger partial charge in [0.2, 0.25) is 0 Å². The van der Waals surface area contributed by atoms with Gasteiger partial charge >= 0.3 is 12.6 Å². The van der Waals surface area contributed by atoms with Crippen LogP contribution in [0.5, 0.6) is 5.75 Å². The molecule has 0 aliphatic heterocycles. The van der Waals surface area contributed by atoms with Gasteiger partial charge in [-0.15, -0.1) is 0 Å². The van der Waals surface area contributed by atoms with Crippen LogP contribution in [-0.2, 0) is 9.53 Å². The number of rotatable bonds is 7. The molecule has 7 heteroatoms. The van der Waals surface area contributed by atoms with E-state index in [1.54, 1.807) is 0 Å². The van der Waals surface area contributed by atoms with Gasteiger partial charge in [0.15, 0.2) is 6.10 Å². The van der Waals surface area contributed by atoms with Gasteiger partial charge in [-0.1, -0.05) is 6.42 Å². The van der Waals surface area contributed by atoms with Crippen LogP contribution in [0.2, 0.25) is 0 Å². The average molecular weight is 381 g/mol. The van der Waals surface area contributed by atoms with Gasteiger partial charge in [-0.05, 0) is 75.1 Å². The van der Waals surface area contributed by atoms with E-state index in [9.17, 15) is 18.4 Å². The predicted octanol–water partition coefficient (Wildman–Crippen LogP) is 3.77. The fourth-order valence-corrected chi connectivity index (χ4v) is 4.41. The standard InChI is InChI=1S/C20H25F2NO4/c1-11(17-10-13-3-4-15(17)9-13)23-18(24)12(2)26-19(25)14-5-7-16(8-6-14)27-20(21)22/h5-8,11-13,15,17,20H,3-4,9-10H2,1-2H3,(H,23,24)/t11-,12+,13+,15+,17-/m0/s1.